The summed E-state index contributed by atoms with van der Waals surface area (Å²) < 4.78 is 0. The van der Waals surface area contributed by atoms with E-state index < -0.39 is 11.9 Å². The summed E-state index contributed by atoms with van der Waals surface area (Å²) in [5, 5.41) is 40.5. The van der Waals surface area contributed by atoms with Gasteiger partial charge in [-0.25, -0.2) is 0 Å². The Morgan fingerprint density at radius 1 is 0.639 bits per heavy atom. The lowest BCUT2D eigenvalue weighted by Gasteiger charge is -2.07. The van der Waals surface area contributed by atoms with Crippen molar-refractivity contribution >= 4 is 45.9 Å². The topological polar surface area (TPSA) is 139 Å². The van der Waals surface area contributed by atoms with E-state index in [4.69, 9.17) is 19.8 Å². The summed E-state index contributed by atoms with van der Waals surface area (Å²) in [6.45, 7) is 6.25. The van der Waals surface area contributed by atoms with Gasteiger partial charge in [-0.05, 0) is 75.1 Å². The first-order valence-electron chi connectivity index (χ1n) is 11.6. The van der Waals surface area contributed by atoms with Crippen molar-refractivity contribution in [3.63, 3.8) is 0 Å². The minimum absolute atomic E-state index is 0. The molecule has 206 valence electrons. The molecule has 0 heterocycles. The third-order valence-electron chi connectivity index (χ3n) is 4.52. The van der Waals surface area contributed by atoms with E-state index in [1.165, 1.54) is 31.2 Å². The third-order valence-corrected chi connectivity index (χ3v) is 4.52. The number of nitrogens with one attached hydrogen (secondary N) is 2. The normalized spacial score (nSPS) is 9.28. The van der Waals surface area contributed by atoms with Gasteiger partial charge in [0.15, 0.2) is 11.5 Å². The second-order valence-electron chi connectivity index (χ2n) is 7.76. The van der Waals surface area contributed by atoms with Crippen LogP contribution >= 0.6 is 34.0 Å². The molecular formula is C26H42Br2N2O6. The van der Waals surface area contributed by atoms with Gasteiger partial charge >= 0.3 is 0 Å². The minimum atomic E-state index is -0.833. The van der Waals surface area contributed by atoms with Crippen LogP contribution in [0.25, 0.3) is 0 Å². The van der Waals surface area contributed by atoms with E-state index >= 15 is 0 Å². The zero-order chi connectivity index (χ0) is 25.6. The monoisotopic (exact) mass is 636 g/mol. The second kappa shape index (κ2) is 25.9. The van der Waals surface area contributed by atoms with Gasteiger partial charge in [0.05, 0.1) is 0 Å². The van der Waals surface area contributed by atoms with Crippen molar-refractivity contribution in [2.75, 3.05) is 26.2 Å². The van der Waals surface area contributed by atoms with E-state index in [-0.39, 0.29) is 45.5 Å². The molecule has 0 atom stereocenters. The van der Waals surface area contributed by atoms with Crippen LogP contribution in [0.2, 0.25) is 0 Å². The average Bonchev–Trinajstić information content (AvgIpc) is 2.77. The standard InChI is InChI=1S/C22H32N2O2.2C2H4O2.2BrH/c25-21-11-10-20(18-22(21)26)13-17-24-15-7-2-1-6-14-23-16-12-19-8-4-3-5-9-19;2*1-2(3)4;;/h3-5,8-11,18,23-26H,1-2,6-7,12-17H2;2*1H3,(H,3,4);2*1H. The van der Waals surface area contributed by atoms with E-state index in [1.54, 1.807) is 12.1 Å². The molecule has 0 aliphatic rings. The van der Waals surface area contributed by atoms with Crippen molar-refractivity contribution in [2.24, 2.45) is 0 Å². The summed E-state index contributed by atoms with van der Waals surface area (Å²) >= 11 is 0. The van der Waals surface area contributed by atoms with Crippen molar-refractivity contribution < 1.29 is 30.0 Å². The van der Waals surface area contributed by atoms with Crippen LogP contribution < -0.4 is 10.6 Å². The molecule has 0 spiro atoms. The molecule has 0 bridgehead atoms. The Bertz CT molecular complexity index is 790. The molecule has 0 aliphatic heterocycles. The molecule has 2 aromatic rings. The second-order valence-corrected chi connectivity index (χ2v) is 7.76. The maximum atomic E-state index is 9.46. The molecule has 8 nitrogen and oxygen atoms in total. The Kier molecular flexibility index (Phi) is 27.7. The fourth-order valence-corrected chi connectivity index (χ4v) is 2.94. The lowest BCUT2D eigenvalue weighted by molar-refractivity contribution is -0.135. The number of hydrogen-bond acceptors (Lipinski definition) is 6. The summed E-state index contributed by atoms with van der Waals surface area (Å²) in [7, 11) is 0. The molecule has 10 heteroatoms. The van der Waals surface area contributed by atoms with Crippen molar-refractivity contribution in [3.05, 3.63) is 59.7 Å². The average molecular weight is 638 g/mol. The van der Waals surface area contributed by atoms with Crippen molar-refractivity contribution in [1.82, 2.24) is 10.6 Å². The number of carbonyl (C=O) groups is 2. The van der Waals surface area contributed by atoms with Gasteiger partial charge in [-0.2, -0.15) is 0 Å². The van der Waals surface area contributed by atoms with Crippen molar-refractivity contribution in [2.45, 2.75) is 52.4 Å². The molecule has 36 heavy (non-hydrogen) atoms. The van der Waals surface area contributed by atoms with Gasteiger partial charge in [0.1, 0.15) is 0 Å². The molecule has 0 aliphatic carbocycles. The van der Waals surface area contributed by atoms with Crippen LogP contribution in [-0.2, 0) is 22.4 Å². The first kappa shape index (κ1) is 38.4. The number of unbranched alkanes of at least 4 members (excludes halogenated alkanes) is 3. The van der Waals surface area contributed by atoms with Crippen LogP contribution in [0.3, 0.4) is 0 Å². The largest absolute Gasteiger partial charge is 0.504 e. The minimum Gasteiger partial charge on any atom is -0.504 e. The van der Waals surface area contributed by atoms with Gasteiger partial charge < -0.3 is 31.1 Å². The summed E-state index contributed by atoms with van der Waals surface area (Å²) in [6, 6.07) is 15.6. The van der Waals surface area contributed by atoms with Crippen LogP contribution in [0.4, 0.5) is 0 Å². The highest BCUT2D eigenvalue weighted by molar-refractivity contribution is 8.93. The SMILES string of the molecule is Br.Br.CC(=O)O.CC(=O)O.Oc1ccc(CCNCCCCCCNCCc2ccccc2)cc1O. The summed E-state index contributed by atoms with van der Waals surface area (Å²) in [5.41, 5.74) is 2.43. The predicted molar refractivity (Wildman–Crippen MR) is 155 cm³/mol. The van der Waals surface area contributed by atoms with E-state index in [9.17, 15) is 10.2 Å². The van der Waals surface area contributed by atoms with E-state index in [2.05, 4.69) is 41.0 Å². The highest BCUT2D eigenvalue weighted by Gasteiger charge is 2.00. The molecule has 6 N–H and O–H groups in total. The lowest BCUT2D eigenvalue weighted by Crippen LogP contribution is -2.19. The van der Waals surface area contributed by atoms with Crippen molar-refractivity contribution in [1.29, 1.82) is 0 Å². The van der Waals surface area contributed by atoms with Crippen LogP contribution in [0.1, 0.15) is 50.7 Å². The van der Waals surface area contributed by atoms with Crippen LogP contribution in [-0.4, -0.2) is 58.5 Å². The Labute approximate surface area is 235 Å². The Hall–Kier alpha value is -2.14. The van der Waals surface area contributed by atoms with Gasteiger partial charge in [-0.15, -0.1) is 34.0 Å². The zero-order valence-corrected chi connectivity index (χ0v) is 24.5. The van der Waals surface area contributed by atoms with Crippen LogP contribution in [0, 0.1) is 0 Å². The first-order valence-corrected chi connectivity index (χ1v) is 11.6. The quantitative estimate of drug-likeness (QED) is 0.134. The molecule has 0 unspecified atom stereocenters. The molecule has 0 saturated carbocycles. The molecule has 0 fully saturated rings. The predicted octanol–water partition coefficient (Wildman–Crippen LogP) is 4.96. The fraction of sp³-hybridized carbons (Fsp3) is 0.462. The number of carboxylic acid groups (broad SMARTS) is 2. The number of benzene rings is 2. The third kappa shape index (κ3) is 26.5. The molecular weight excluding hydrogens is 596 g/mol. The van der Waals surface area contributed by atoms with Gasteiger partial charge in [0, 0.05) is 13.8 Å². The Morgan fingerprint density at radius 3 is 1.53 bits per heavy atom. The lowest BCUT2D eigenvalue weighted by atomic mass is 10.1. The van der Waals surface area contributed by atoms with Crippen LogP contribution in [0.5, 0.6) is 11.5 Å². The maximum Gasteiger partial charge on any atom is 0.300 e. The summed E-state index contributed by atoms with van der Waals surface area (Å²) in [4.78, 5) is 18.0. The Balaban J connectivity index is -0.000000953. The smallest absolute Gasteiger partial charge is 0.300 e. The first-order chi connectivity index (χ1) is 16.2. The molecule has 0 saturated heterocycles. The molecule has 0 aromatic heterocycles. The molecule has 0 radical (unpaired) electrons. The highest BCUT2D eigenvalue weighted by atomic mass is 79.9. The number of carboxylic acids is 2. The van der Waals surface area contributed by atoms with E-state index in [0.29, 0.717) is 0 Å². The van der Waals surface area contributed by atoms with E-state index in [0.717, 1.165) is 58.4 Å². The number of halogens is 2. The highest BCUT2D eigenvalue weighted by Crippen LogP contribution is 2.24. The van der Waals surface area contributed by atoms with Gasteiger partial charge in [0.2, 0.25) is 0 Å². The number of aromatic hydroxyl groups is 2. The number of hydrogen-bond donors (Lipinski definition) is 6. The number of phenolic OH excluding ortho intramolecular Hbond substituents is 2. The van der Waals surface area contributed by atoms with Gasteiger partial charge in [-0.1, -0.05) is 49.2 Å². The molecule has 0 amide bonds. The molecule has 2 rings (SSSR count). The zero-order valence-electron chi connectivity index (χ0n) is 21.1. The number of rotatable bonds is 13. The van der Waals surface area contributed by atoms with E-state index in [1.807, 2.05) is 6.07 Å². The Morgan fingerprint density at radius 2 is 1.08 bits per heavy atom. The summed E-state index contributed by atoms with van der Waals surface area (Å²) in [6.07, 6.45) is 6.92. The van der Waals surface area contributed by atoms with Crippen molar-refractivity contribution in [3.8, 4) is 11.5 Å². The van der Waals surface area contributed by atoms with Crippen LogP contribution in [0.15, 0.2) is 48.5 Å². The molecule has 2 aromatic carbocycles. The maximum absolute atomic E-state index is 9.46. The van der Waals surface area contributed by atoms with Gasteiger partial charge in [-0.3, -0.25) is 9.59 Å². The number of aliphatic carboxylic acids is 2. The fourth-order valence-electron chi connectivity index (χ4n) is 2.94. The summed E-state index contributed by atoms with van der Waals surface area (Å²) in [5.74, 6) is -1.77. The van der Waals surface area contributed by atoms with Gasteiger partial charge in [0.25, 0.3) is 11.9 Å². The number of phenols is 2.